The van der Waals surface area contributed by atoms with Crippen molar-refractivity contribution >= 4 is 15.9 Å². The summed E-state index contributed by atoms with van der Waals surface area (Å²) in [6.45, 7) is 1.18. The molecule has 1 fully saturated rings. The van der Waals surface area contributed by atoms with E-state index in [1.54, 1.807) is 0 Å². The Balaban J connectivity index is 1.82. The Hall–Kier alpha value is -0.380. The monoisotopic (exact) mass is 283 g/mol. The van der Waals surface area contributed by atoms with Gasteiger partial charge in [0.15, 0.2) is 0 Å². The average Bonchev–Trinajstić information content (AvgIpc) is 3.10. The molecule has 2 rings (SSSR count). The molecular weight excluding hydrogens is 266 g/mol. The van der Waals surface area contributed by atoms with Crippen LogP contribution in [0.5, 0.6) is 0 Å². The van der Waals surface area contributed by atoms with E-state index in [1.807, 2.05) is 0 Å². The Bertz CT molecular complexity index is 321. The second-order valence-electron chi connectivity index (χ2n) is 4.46. The van der Waals surface area contributed by atoms with Crippen molar-refractivity contribution in [2.75, 3.05) is 6.61 Å². The highest BCUT2D eigenvalue weighted by Crippen LogP contribution is 2.34. The molecule has 16 heavy (non-hydrogen) atoms. The summed E-state index contributed by atoms with van der Waals surface area (Å²) in [6.07, 6.45) is 3.51. The van der Waals surface area contributed by atoms with Gasteiger partial charge >= 0.3 is 0 Å². The Morgan fingerprint density at radius 2 is 2.00 bits per heavy atom. The van der Waals surface area contributed by atoms with E-state index in [0.29, 0.717) is 6.04 Å². The van der Waals surface area contributed by atoms with Crippen LogP contribution in [0.1, 0.15) is 24.8 Å². The summed E-state index contributed by atoms with van der Waals surface area (Å²) in [5.74, 6) is 0.794. The topological polar surface area (TPSA) is 32.3 Å². The van der Waals surface area contributed by atoms with Crippen molar-refractivity contribution in [3.05, 3.63) is 34.3 Å². The largest absolute Gasteiger partial charge is 0.396 e. The number of benzene rings is 1. The van der Waals surface area contributed by atoms with Crippen LogP contribution in [0.4, 0.5) is 0 Å². The Kier molecular flexibility index (Phi) is 4.38. The number of aliphatic hydroxyl groups excluding tert-OH is 1. The van der Waals surface area contributed by atoms with Gasteiger partial charge < -0.3 is 10.4 Å². The van der Waals surface area contributed by atoms with Gasteiger partial charge in [-0.05, 0) is 42.9 Å². The predicted octanol–water partition coefficient (Wildman–Crippen LogP) is 2.70. The molecule has 2 N–H and O–H groups in total. The maximum absolute atomic E-state index is 9.00. The zero-order valence-corrected chi connectivity index (χ0v) is 10.9. The number of rotatable bonds is 6. The lowest BCUT2D eigenvalue weighted by atomic mass is 10.1. The molecule has 0 bridgehead atoms. The van der Waals surface area contributed by atoms with Crippen molar-refractivity contribution in [2.24, 2.45) is 5.92 Å². The molecule has 0 aromatic heterocycles. The summed E-state index contributed by atoms with van der Waals surface area (Å²) in [4.78, 5) is 0. The minimum absolute atomic E-state index is 0.286. The fraction of sp³-hybridized carbons (Fsp3) is 0.538. The molecule has 0 aliphatic heterocycles. The van der Waals surface area contributed by atoms with Gasteiger partial charge in [0, 0.05) is 23.7 Å². The molecule has 0 amide bonds. The number of halogens is 1. The fourth-order valence-corrected chi connectivity index (χ4v) is 2.26. The summed E-state index contributed by atoms with van der Waals surface area (Å²) in [6, 6.07) is 8.87. The molecule has 0 spiro atoms. The van der Waals surface area contributed by atoms with Gasteiger partial charge in [-0.2, -0.15) is 0 Å². The maximum atomic E-state index is 9.00. The van der Waals surface area contributed by atoms with Crippen molar-refractivity contribution in [3.63, 3.8) is 0 Å². The number of aliphatic hydroxyl groups is 1. The Morgan fingerprint density at radius 3 is 2.56 bits per heavy atom. The van der Waals surface area contributed by atoms with Gasteiger partial charge in [-0.1, -0.05) is 28.1 Å². The third-order valence-corrected chi connectivity index (χ3v) is 3.64. The summed E-state index contributed by atoms with van der Waals surface area (Å²) < 4.78 is 1.12. The van der Waals surface area contributed by atoms with Crippen molar-refractivity contribution in [1.82, 2.24) is 5.32 Å². The average molecular weight is 284 g/mol. The summed E-state index contributed by atoms with van der Waals surface area (Å²) in [7, 11) is 0. The minimum atomic E-state index is 0.286. The third kappa shape index (κ3) is 3.58. The molecule has 1 aliphatic rings. The lowest BCUT2D eigenvalue weighted by Gasteiger charge is -2.17. The molecular formula is C13H18BrNO. The van der Waals surface area contributed by atoms with Gasteiger partial charge in [0.2, 0.25) is 0 Å². The fourth-order valence-electron chi connectivity index (χ4n) is 1.99. The quantitative estimate of drug-likeness (QED) is 0.842. The first-order chi connectivity index (χ1) is 7.79. The van der Waals surface area contributed by atoms with Crippen molar-refractivity contribution in [2.45, 2.75) is 31.8 Å². The molecule has 2 nitrogen and oxygen atoms in total. The van der Waals surface area contributed by atoms with Gasteiger partial charge in [0.25, 0.3) is 0 Å². The van der Waals surface area contributed by atoms with Crippen LogP contribution in [0.3, 0.4) is 0 Å². The van der Waals surface area contributed by atoms with E-state index in [0.717, 1.165) is 23.4 Å². The number of hydrogen-bond donors (Lipinski definition) is 2. The van der Waals surface area contributed by atoms with Crippen molar-refractivity contribution in [1.29, 1.82) is 0 Å². The molecule has 88 valence electrons. The smallest absolute Gasteiger partial charge is 0.0445 e. The van der Waals surface area contributed by atoms with Crippen LogP contribution in [-0.2, 0) is 6.54 Å². The van der Waals surface area contributed by atoms with Gasteiger partial charge in [-0.3, -0.25) is 0 Å². The van der Waals surface area contributed by atoms with E-state index in [2.05, 4.69) is 45.5 Å². The molecule has 0 saturated heterocycles. The maximum Gasteiger partial charge on any atom is 0.0445 e. The molecule has 1 aliphatic carbocycles. The van der Waals surface area contributed by atoms with Crippen LogP contribution >= 0.6 is 15.9 Å². The van der Waals surface area contributed by atoms with Gasteiger partial charge in [0.1, 0.15) is 0 Å². The molecule has 3 heteroatoms. The van der Waals surface area contributed by atoms with Gasteiger partial charge in [-0.25, -0.2) is 0 Å². The standard InChI is InChI=1S/C13H18BrNO/c14-12-5-1-10(2-6-12)9-15-13(7-8-16)11-3-4-11/h1-2,5-6,11,13,15-16H,3-4,7-9H2. The summed E-state index contributed by atoms with van der Waals surface area (Å²) in [5, 5.41) is 12.5. The van der Waals surface area contributed by atoms with E-state index in [9.17, 15) is 0 Å². The normalized spacial score (nSPS) is 17.4. The first kappa shape index (κ1) is 12.1. The van der Waals surface area contributed by atoms with Crippen LogP contribution in [-0.4, -0.2) is 17.8 Å². The lowest BCUT2D eigenvalue weighted by Crippen LogP contribution is -2.31. The molecule has 1 aromatic carbocycles. The van der Waals surface area contributed by atoms with Crippen LogP contribution < -0.4 is 5.32 Å². The van der Waals surface area contributed by atoms with E-state index < -0.39 is 0 Å². The van der Waals surface area contributed by atoms with Gasteiger partial charge in [-0.15, -0.1) is 0 Å². The first-order valence-electron chi connectivity index (χ1n) is 5.88. The number of hydrogen-bond acceptors (Lipinski definition) is 2. The highest BCUT2D eigenvalue weighted by Gasteiger charge is 2.30. The van der Waals surface area contributed by atoms with Crippen molar-refractivity contribution < 1.29 is 5.11 Å². The first-order valence-corrected chi connectivity index (χ1v) is 6.67. The summed E-state index contributed by atoms with van der Waals surface area (Å²) >= 11 is 3.43. The molecule has 0 radical (unpaired) electrons. The van der Waals surface area contributed by atoms with Crippen LogP contribution in [0.25, 0.3) is 0 Å². The van der Waals surface area contributed by atoms with E-state index in [4.69, 9.17) is 5.11 Å². The van der Waals surface area contributed by atoms with Crippen molar-refractivity contribution in [3.8, 4) is 0 Å². The molecule has 0 heterocycles. The van der Waals surface area contributed by atoms with Crippen LogP contribution in [0.2, 0.25) is 0 Å². The zero-order valence-electron chi connectivity index (χ0n) is 9.32. The highest BCUT2D eigenvalue weighted by atomic mass is 79.9. The SMILES string of the molecule is OCCC(NCc1ccc(Br)cc1)C1CC1. The third-order valence-electron chi connectivity index (χ3n) is 3.11. The Morgan fingerprint density at radius 1 is 1.31 bits per heavy atom. The molecule has 1 saturated carbocycles. The number of nitrogens with one attached hydrogen (secondary N) is 1. The lowest BCUT2D eigenvalue weighted by molar-refractivity contribution is 0.256. The van der Waals surface area contributed by atoms with E-state index in [1.165, 1.54) is 18.4 Å². The molecule has 1 atom stereocenters. The minimum Gasteiger partial charge on any atom is -0.396 e. The highest BCUT2D eigenvalue weighted by molar-refractivity contribution is 9.10. The van der Waals surface area contributed by atoms with E-state index >= 15 is 0 Å². The summed E-state index contributed by atoms with van der Waals surface area (Å²) in [5.41, 5.74) is 1.30. The Labute approximate surface area is 105 Å². The second-order valence-corrected chi connectivity index (χ2v) is 5.38. The molecule has 1 unspecified atom stereocenters. The van der Waals surface area contributed by atoms with Crippen LogP contribution in [0.15, 0.2) is 28.7 Å². The molecule has 1 aromatic rings. The van der Waals surface area contributed by atoms with Crippen LogP contribution in [0, 0.1) is 5.92 Å². The predicted molar refractivity (Wildman–Crippen MR) is 69.2 cm³/mol. The zero-order chi connectivity index (χ0) is 11.4. The van der Waals surface area contributed by atoms with E-state index in [-0.39, 0.29) is 6.61 Å². The second kappa shape index (κ2) is 5.80. The van der Waals surface area contributed by atoms with Gasteiger partial charge in [0.05, 0.1) is 0 Å².